The second-order valence-electron chi connectivity index (χ2n) is 6.18. The van der Waals surface area contributed by atoms with Gasteiger partial charge in [0.2, 0.25) is 5.88 Å². The largest absolute Gasteiger partial charge is 0.479 e. The van der Waals surface area contributed by atoms with Crippen LogP contribution in [-0.2, 0) is 0 Å². The van der Waals surface area contributed by atoms with Crippen LogP contribution in [0.2, 0.25) is 0 Å². The molecule has 2 heterocycles. The van der Waals surface area contributed by atoms with Crippen molar-refractivity contribution in [2.75, 3.05) is 12.4 Å². The molecule has 0 bridgehead atoms. The molecule has 0 amide bonds. The van der Waals surface area contributed by atoms with Gasteiger partial charge < -0.3 is 10.1 Å². The minimum absolute atomic E-state index is 0.536. The van der Waals surface area contributed by atoms with Gasteiger partial charge in [-0.05, 0) is 37.1 Å². The quantitative estimate of drug-likeness (QED) is 0.581. The van der Waals surface area contributed by atoms with E-state index in [1.54, 1.807) is 19.5 Å². The number of aromatic nitrogens is 2. The molecule has 6 heteroatoms. The normalized spacial score (nSPS) is 13.9. The van der Waals surface area contributed by atoms with Crippen LogP contribution >= 0.6 is 12.8 Å². The van der Waals surface area contributed by atoms with E-state index in [1.807, 2.05) is 42.5 Å². The maximum absolute atomic E-state index is 5.23. The Balaban J connectivity index is 0.000000236. The summed E-state index contributed by atoms with van der Waals surface area (Å²) in [5.74, 6) is 0.536. The van der Waals surface area contributed by atoms with Gasteiger partial charge in [0.1, 0.15) is 5.52 Å². The third kappa shape index (κ3) is 4.65. The third-order valence-corrected chi connectivity index (χ3v) is 4.77. The van der Waals surface area contributed by atoms with E-state index in [0.29, 0.717) is 11.9 Å². The molecule has 2 aromatic heterocycles. The van der Waals surface area contributed by atoms with Crippen molar-refractivity contribution in [3.63, 3.8) is 0 Å². The van der Waals surface area contributed by atoms with Gasteiger partial charge in [-0.25, -0.2) is 4.98 Å². The lowest BCUT2D eigenvalue weighted by Gasteiger charge is -2.10. The Morgan fingerprint density at radius 1 is 1.00 bits per heavy atom. The number of pyridine rings is 2. The zero-order chi connectivity index (χ0) is 18.2. The van der Waals surface area contributed by atoms with Gasteiger partial charge in [-0.3, -0.25) is 9.71 Å². The molecule has 1 saturated carbocycles. The van der Waals surface area contributed by atoms with E-state index >= 15 is 0 Å². The van der Waals surface area contributed by atoms with Crippen LogP contribution in [0.3, 0.4) is 0 Å². The van der Waals surface area contributed by atoms with Gasteiger partial charge in [-0.2, -0.15) is 0 Å². The highest BCUT2D eigenvalue weighted by molar-refractivity contribution is 7.78. The second-order valence-corrected chi connectivity index (χ2v) is 6.43. The maximum Gasteiger partial charge on any atom is 0.240 e. The third-order valence-electron chi connectivity index (χ3n) is 4.41. The van der Waals surface area contributed by atoms with Crippen LogP contribution in [0.25, 0.3) is 10.9 Å². The van der Waals surface area contributed by atoms with Crippen molar-refractivity contribution < 1.29 is 4.74 Å². The highest BCUT2D eigenvalue weighted by Crippen LogP contribution is 2.28. The molecule has 4 rings (SSSR count). The summed E-state index contributed by atoms with van der Waals surface area (Å²) in [5, 5.41) is 4.36. The fraction of sp³-hybridized carbons (Fsp3) is 0.300. The number of benzene rings is 1. The summed E-state index contributed by atoms with van der Waals surface area (Å²) >= 11 is 3.97. The summed E-state index contributed by atoms with van der Waals surface area (Å²) in [4.78, 5) is 8.49. The number of ether oxygens (including phenoxy) is 1. The van der Waals surface area contributed by atoms with Crippen LogP contribution in [-0.4, -0.2) is 23.1 Å². The molecule has 26 heavy (non-hydrogen) atoms. The predicted molar refractivity (Wildman–Crippen MR) is 110 cm³/mol. The highest BCUT2D eigenvalue weighted by Gasteiger charge is 2.11. The first-order valence-corrected chi connectivity index (χ1v) is 9.26. The van der Waals surface area contributed by atoms with Crippen LogP contribution in [0.4, 0.5) is 11.4 Å². The lowest BCUT2D eigenvalue weighted by Crippen LogP contribution is -2.14. The van der Waals surface area contributed by atoms with Gasteiger partial charge in [0.25, 0.3) is 0 Å². The molecule has 0 atom stereocenters. The van der Waals surface area contributed by atoms with E-state index in [2.05, 4.69) is 32.8 Å². The van der Waals surface area contributed by atoms with Crippen molar-refractivity contribution in [1.82, 2.24) is 14.7 Å². The van der Waals surface area contributed by atoms with Crippen molar-refractivity contribution in [3.8, 4) is 5.88 Å². The average molecular weight is 369 g/mol. The number of methoxy groups -OCH3 is 1. The van der Waals surface area contributed by atoms with E-state index in [1.165, 1.54) is 25.7 Å². The Morgan fingerprint density at radius 2 is 1.73 bits per heavy atom. The number of para-hydroxylation sites is 1. The van der Waals surface area contributed by atoms with Crippen LogP contribution < -0.4 is 14.8 Å². The zero-order valence-corrected chi connectivity index (χ0v) is 15.7. The number of fused-ring (bicyclic) bond motifs is 1. The molecule has 2 N–H and O–H groups in total. The predicted octanol–water partition coefficient (Wildman–Crippen LogP) is 4.75. The fourth-order valence-electron chi connectivity index (χ4n) is 3.04. The number of anilines is 2. The SMILES string of the molecule is COc1nccc2c(Nc3ccccc3)ccnc12.SNC1CCCC1. The van der Waals surface area contributed by atoms with Gasteiger partial charge in [0.05, 0.1) is 7.11 Å². The van der Waals surface area contributed by atoms with Gasteiger partial charge in [0.15, 0.2) is 0 Å². The molecule has 0 saturated heterocycles. The summed E-state index contributed by atoms with van der Waals surface area (Å²) in [6.07, 6.45) is 8.89. The summed E-state index contributed by atoms with van der Waals surface area (Å²) in [6, 6.07) is 14.6. The summed E-state index contributed by atoms with van der Waals surface area (Å²) < 4.78 is 8.19. The fourth-order valence-corrected chi connectivity index (χ4v) is 3.30. The first kappa shape index (κ1) is 18.5. The molecule has 0 unspecified atom stereocenters. The topological polar surface area (TPSA) is 59.1 Å². The summed E-state index contributed by atoms with van der Waals surface area (Å²) in [5.41, 5.74) is 2.77. The molecular weight excluding hydrogens is 344 g/mol. The van der Waals surface area contributed by atoms with E-state index in [4.69, 9.17) is 4.74 Å². The number of hydrogen-bond acceptors (Lipinski definition) is 6. The monoisotopic (exact) mass is 368 g/mol. The van der Waals surface area contributed by atoms with Crippen molar-refractivity contribution in [2.24, 2.45) is 0 Å². The summed E-state index contributed by atoms with van der Waals surface area (Å²) in [6.45, 7) is 0. The smallest absolute Gasteiger partial charge is 0.240 e. The second kappa shape index (κ2) is 9.40. The summed E-state index contributed by atoms with van der Waals surface area (Å²) in [7, 11) is 1.60. The van der Waals surface area contributed by atoms with Crippen LogP contribution in [0.1, 0.15) is 25.7 Å². The Bertz CT molecular complexity index is 822. The molecule has 0 radical (unpaired) electrons. The van der Waals surface area contributed by atoms with E-state index in [-0.39, 0.29) is 0 Å². The van der Waals surface area contributed by atoms with Gasteiger partial charge in [0, 0.05) is 35.2 Å². The van der Waals surface area contributed by atoms with Crippen molar-refractivity contribution in [2.45, 2.75) is 31.7 Å². The van der Waals surface area contributed by atoms with Gasteiger partial charge in [-0.1, -0.05) is 43.9 Å². The Labute approximate surface area is 159 Å². The highest BCUT2D eigenvalue weighted by atomic mass is 32.1. The standard InChI is InChI=1S/C15H13N3O.C5H11NS/c1-19-15-14-12(7-9-17-15)13(8-10-16-14)18-11-5-3-2-4-6-11;7-6-5-3-1-2-4-5/h2-10H,1H3,(H,16,18);5-7H,1-4H2. The van der Waals surface area contributed by atoms with Crippen molar-refractivity contribution >= 4 is 35.1 Å². The first-order chi connectivity index (χ1) is 12.8. The first-order valence-electron chi connectivity index (χ1n) is 8.81. The molecular formula is C20H24N4OS. The minimum Gasteiger partial charge on any atom is -0.479 e. The average Bonchev–Trinajstić information content (AvgIpc) is 3.23. The maximum atomic E-state index is 5.23. The lowest BCUT2D eigenvalue weighted by molar-refractivity contribution is 0.402. The molecule has 5 nitrogen and oxygen atoms in total. The van der Waals surface area contributed by atoms with Crippen LogP contribution in [0, 0.1) is 0 Å². The molecule has 0 aliphatic heterocycles. The Hall–Kier alpha value is -2.31. The molecule has 3 aromatic rings. The number of hydrogen-bond donors (Lipinski definition) is 3. The molecule has 0 spiro atoms. The van der Waals surface area contributed by atoms with Crippen LogP contribution in [0.15, 0.2) is 54.9 Å². The van der Waals surface area contributed by atoms with E-state index in [9.17, 15) is 0 Å². The Kier molecular flexibility index (Phi) is 6.68. The van der Waals surface area contributed by atoms with Crippen LogP contribution in [0.5, 0.6) is 5.88 Å². The lowest BCUT2D eigenvalue weighted by atomic mass is 10.2. The number of thiol groups is 1. The number of rotatable bonds is 4. The van der Waals surface area contributed by atoms with Gasteiger partial charge >= 0.3 is 0 Å². The molecule has 1 aromatic carbocycles. The molecule has 1 aliphatic carbocycles. The Morgan fingerprint density at radius 3 is 2.38 bits per heavy atom. The number of nitrogens with one attached hydrogen (secondary N) is 2. The zero-order valence-electron chi connectivity index (χ0n) is 14.9. The molecule has 1 aliphatic rings. The van der Waals surface area contributed by atoms with E-state index < -0.39 is 0 Å². The number of nitrogens with zero attached hydrogens (tertiary/aromatic N) is 2. The van der Waals surface area contributed by atoms with Gasteiger partial charge in [-0.15, -0.1) is 0 Å². The van der Waals surface area contributed by atoms with Crippen molar-refractivity contribution in [1.29, 1.82) is 0 Å². The van der Waals surface area contributed by atoms with E-state index in [0.717, 1.165) is 22.3 Å². The minimum atomic E-state index is 0.536. The molecule has 1 fully saturated rings. The van der Waals surface area contributed by atoms with Crippen molar-refractivity contribution in [3.05, 3.63) is 54.9 Å². The molecule has 136 valence electrons.